The third-order valence-corrected chi connectivity index (χ3v) is 3.78. The van der Waals surface area contributed by atoms with Gasteiger partial charge in [-0.2, -0.15) is 0 Å². The molecule has 1 aliphatic heterocycles. The van der Waals surface area contributed by atoms with E-state index in [0.717, 1.165) is 38.3 Å². The molecule has 1 N–H and O–H groups in total. The molecule has 1 aromatic rings. The Hall–Kier alpha value is -0.130. The van der Waals surface area contributed by atoms with Gasteiger partial charge in [-0.05, 0) is 18.6 Å². The predicted molar refractivity (Wildman–Crippen MR) is 83.3 cm³/mol. The van der Waals surface area contributed by atoms with E-state index < -0.39 is 11.6 Å². The molecular weight excluding hydrogens is 329 g/mol. The van der Waals surface area contributed by atoms with Gasteiger partial charge in [-0.3, -0.25) is 4.90 Å². The average molecular weight is 348 g/mol. The highest BCUT2D eigenvalue weighted by molar-refractivity contribution is 6.31. The summed E-state index contributed by atoms with van der Waals surface area (Å²) in [5.41, 5.74) is 0.293. The molecule has 1 saturated heterocycles. The van der Waals surface area contributed by atoms with E-state index in [1.165, 1.54) is 0 Å². The van der Waals surface area contributed by atoms with E-state index in [1.807, 2.05) is 6.92 Å². The van der Waals surface area contributed by atoms with Crippen LogP contribution in [0.5, 0.6) is 0 Å². The average Bonchev–Trinajstić information content (AvgIpc) is 2.40. The van der Waals surface area contributed by atoms with Gasteiger partial charge in [-0.25, -0.2) is 8.78 Å². The fourth-order valence-corrected chi connectivity index (χ4v) is 2.77. The van der Waals surface area contributed by atoms with Gasteiger partial charge in [-0.15, -0.1) is 24.8 Å². The molecule has 2 nitrogen and oxygen atoms in total. The Kier molecular flexibility index (Phi) is 8.95. The lowest BCUT2D eigenvalue weighted by molar-refractivity contribution is 0.166. The minimum absolute atomic E-state index is 0. The van der Waals surface area contributed by atoms with Crippen LogP contribution in [-0.4, -0.2) is 31.1 Å². The van der Waals surface area contributed by atoms with Crippen LogP contribution in [0.3, 0.4) is 0 Å². The maximum atomic E-state index is 13.9. The van der Waals surface area contributed by atoms with E-state index in [2.05, 4.69) is 10.2 Å². The number of piperazine rings is 1. The first-order chi connectivity index (χ1) is 8.65. The Morgan fingerprint density at radius 2 is 1.75 bits per heavy atom. The topological polar surface area (TPSA) is 15.3 Å². The van der Waals surface area contributed by atoms with Crippen LogP contribution < -0.4 is 5.32 Å². The quantitative estimate of drug-likeness (QED) is 0.836. The second-order valence-corrected chi connectivity index (χ2v) is 4.84. The van der Waals surface area contributed by atoms with Crippen LogP contribution >= 0.6 is 36.4 Å². The minimum atomic E-state index is -0.554. The summed E-state index contributed by atoms with van der Waals surface area (Å²) in [6.45, 7) is 5.35. The normalized spacial score (nSPS) is 17.0. The van der Waals surface area contributed by atoms with Crippen molar-refractivity contribution in [3.63, 3.8) is 0 Å². The number of rotatable bonds is 3. The second kappa shape index (κ2) is 9.00. The molecule has 0 radical (unpaired) electrons. The highest BCUT2D eigenvalue weighted by Crippen LogP contribution is 2.34. The highest BCUT2D eigenvalue weighted by atomic mass is 35.5. The Balaban J connectivity index is 0.00000180. The molecule has 116 valence electrons. The summed E-state index contributed by atoms with van der Waals surface area (Å²) in [4.78, 5) is 2.15. The van der Waals surface area contributed by atoms with Crippen molar-refractivity contribution in [2.24, 2.45) is 0 Å². The summed E-state index contributed by atoms with van der Waals surface area (Å²) in [7, 11) is 0. The molecule has 0 aliphatic carbocycles. The van der Waals surface area contributed by atoms with Crippen molar-refractivity contribution in [3.05, 3.63) is 34.4 Å². The molecule has 0 bridgehead atoms. The zero-order chi connectivity index (χ0) is 13.1. The van der Waals surface area contributed by atoms with Crippen molar-refractivity contribution in [1.29, 1.82) is 0 Å². The van der Waals surface area contributed by atoms with Crippen LogP contribution in [0.15, 0.2) is 12.1 Å². The van der Waals surface area contributed by atoms with Crippen LogP contribution in [0, 0.1) is 11.6 Å². The summed E-state index contributed by atoms with van der Waals surface area (Å²) in [6.07, 6.45) is 0.708. The van der Waals surface area contributed by atoms with Crippen molar-refractivity contribution in [3.8, 4) is 0 Å². The lowest BCUT2D eigenvalue weighted by atomic mass is 10.0. The maximum Gasteiger partial charge on any atom is 0.142 e. The fraction of sp³-hybridized carbons (Fsp3) is 0.538. The number of hydrogen-bond acceptors (Lipinski definition) is 2. The zero-order valence-electron chi connectivity index (χ0n) is 11.2. The number of hydrogen-bond donors (Lipinski definition) is 1. The number of nitrogens with zero attached hydrogens (tertiary/aromatic N) is 1. The third kappa shape index (κ3) is 4.18. The summed E-state index contributed by atoms with van der Waals surface area (Å²) in [6, 6.07) is 2.07. The molecule has 0 unspecified atom stereocenters. The summed E-state index contributed by atoms with van der Waals surface area (Å²) in [5.74, 6) is -0.978. The molecule has 1 atom stereocenters. The predicted octanol–water partition coefficient (Wildman–Crippen LogP) is 3.82. The third-order valence-electron chi connectivity index (χ3n) is 3.39. The largest absolute Gasteiger partial charge is 0.314 e. The van der Waals surface area contributed by atoms with Gasteiger partial charge in [0.1, 0.15) is 11.6 Å². The van der Waals surface area contributed by atoms with Gasteiger partial charge in [0.05, 0.1) is 5.02 Å². The van der Waals surface area contributed by atoms with Crippen molar-refractivity contribution < 1.29 is 8.78 Å². The monoisotopic (exact) mass is 346 g/mol. The lowest BCUT2D eigenvalue weighted by Crippen LogP contribution is -2.45. The van der Waals surface area contributed by atoms with Gasteiger partial charge in [0, 0.05) is 37.8 Å². The molecule has 0 aromatic heterocycles. The Morgan fingerprint density at radius 3 is 2.30 bits per heavy atom. The van der Waals surface area contributed by atoms with Crippen LogP contribution in [-0.2, 0) is 0 Å². The summed E-state index contributed by atoms with van der Waals surface area (Å²) >= 11 is 5.93. The standard InChI is InChI=1S/C13H17ClF2N2.2ClH/c1-2-11(18-7-5-17-6-8-18)12-9(15)3-4-10(16)13(12)14;;/h3-4,11,17H,2,5-8H2,1H3;2*1H/t11-;;/m1../s1. The smallest absolute Gasteiger partial charge is 0.142 e. The van der Waals surface area contributed by atoms with E-state index in [1.54, 1.807) is 0 Å². The summed E-state index contributed by atoms with van der Waals surface area (Å²) < 4.78 is 27.4. The lowest BCUT2D eigenvalue weighted by Gasteiger charge is -2.35. The van der Waals surface area contributed by atoms with Crippen LogP contribution in [0.1, 0.15) is 24.9 Å². The molecule has 1 fully saturated rings. The van der Waals surface area contributed by atoms with Gasteiger partial charge >= 0.3 is 0 Å². The SMILES string of the molecule is CC[C@H](c1c(F)ccc(F)c1Cl)N1CCNCC1.Cl.Cl. The molecule has 1 aromatic carbocycles. The van der Waals surface area contributed by atoms with Crippen molar-refractivity contribution in [2.45, 2.75) is 19.4 Å². The van der Waals surface area contributed by atoms with Gasteiger partial charge in [-0.1, -0.05) is 18.5 Å². The Bertz CT molecular complexity index is 426. The van der Waals surface area contributed by atoms with Crippen LogP contribution in [0.4, 0.5) is 8.78 Å². The molecule has 7 heteroatoms. The number of nitrogens with one attached hydrogen (secondary N) is 1. The molecule has 0 saturated carbocycles. The fourth-order valence-electron chi connectivity index (χ4n) is 2.49. The first kappa shape index (κ1) is 19.9. The molecule has 1 aliphatic rings. The van der Waals surface area contributed by atoms with Gasteiger partial charge in [0.25, 0.3) is 0 Å². The van der Waals surface area contributed by atoms with Crippen molar-refractivity contribution >= 4 is 36.4 Å². The van der Waals surface area contributed by atoms with E-state index in [-0.39, 0.29) is 35.9 Å². The van der Waals surface area contributed by atoms with Crippen molar-refractivity contribution in [1.82, 2.24) is 10.2 Å². The zero-order valence-corrected chi connectivity index (χ0v) is 13.6. The molecule has 20 heavy (non-hydrogen) atoms. The maximum absolute atomic E-state index is 13.9. The van der Waals surface area contributed by atoms with E-state index in [4.69, 9.17) is 11.6 Å². The minimum Gasteiger partial charge on any atom is -0.314 e. The van der Waals surface area contributed by atoms with E-state index >= 15 is 0 Å². The molecule has 0 amide bonds. The Morgan fingerprint density at radius 1 is 1.20 bits per heavy atom. The van der Waals surface area contributed by atoms with Crippen molar-refractivity contribution in [2.75, 3.05) is 26.2 Å². The van der Waals surface area contributed by atoms with Crippen LogP contribution in [0.2, 0.25) is 5.02 Å². The molecule has 2 rings (SSSR count). The Labute approximate surface area is 135 Å². The first-order valence-corrected chi connectivity index (χ1v) is 6.61. The molecular formula is C13H19Cl3F2N2. The summed E-state index contributed by atoms with van der Waals surface area (Å²) in [5, 5.41) is 3.16. The highest BCUT2D eigenvalue weighted by Gasteiger charge is 2.26. The van der Waals surface area contributed by atoms with Gasteiger partial charge in [0.15, 0.2) is 0 Å². The molecule has 0 spiro atoms. The van der Waals surface area contributed by atoms with E-state index in [0.29, 0.717) is 12.0 Å². The molecule has 1 heterocycles. The van der Waals surface area contributed by atoms with Gasteiger partial charge < -0.3 is 5.32 Å². The van der Waals surface area contributed by atoms with Crippen LogP contribution in [0.25, 0.3) is 0 Å². The number of benzene rings is 1. The van der Waals surface area contributed by atoms with E-state index in [9.17, 15) is 8.78 Å². The first-order valence-electron chi connectivity index (χ1n) is 6.23. The number of halogens is 5. The second-order valence-electron chi connectivity index (χ2n) is 4.47. The van der Waals surface area contributed by atoms with Gasteiger partial charge in [0.2, 0.25) is 0 Å².